The van der Waals surface area contributed by atoms with E-state index in [1.54, 1.807) is 47.2 Å². The van der Waals surface area contributed by atoms with Crippen LogP contribution >= 0.6 is 0 Å². The van der Waals surface area contributed by atoms with Crippen LogP contribution in [0.3, 0.4) is 0 Å². The van der Waals surface area contributed by atoms with Crippen LogP contribution in [0, 0.1) is 16.7 Å². The summed E-state index contributed by atoms with van der Waals surface area (Å²) in [5.41, 5.74) is 6.65. The first-order chi connectivity index (χ1) is 12.2. The van der Waals surface area contributed by atoms with E-state index in [4.69, 9.17) is 26.1 Å². The number of benzene rings is 1. The lowest BCUT2D eigenvalue weighted by Crippen LogP contribution is -2.35. The average molecular weight is 379 g/mol. The summed E-state index contributed by atoms with van der Waals surface area (Å²) in [6.45, 7) is -0.529. The van der Waals surface area contributed by atoms with Gasteiger partial charge in [0.1, 0.15) is 11.8 Å². The minimum atomic E-state index is -3.92. The zero-order valence-electron chi connectivity index (χ0n) is 13.5. The van der Waals surface area contributed by atoms with Crippen molar-refractivity contribution in [3.63, 3.8) is 0 Å². The number of aliphatic hydroxyl groups excluding tert-OH is 1. The maximum Gasteiger partial charge on any atom is 0.267 e. The van der Waals surface area contributed by atoms with Gasteiger partial charge < -0.3 is 15.4 Å². The molecule has 0 aliphatic heterocycles. The zero-order chi connectivity index (χ0) is 19.7. The fourth-order valence-corrected chi connectivity index (χ4v) is 2.03. The molecular weight excluding hydrogens is 362 g/mol. The van der Waals surface area contributed by atoms with Crippen LogP contribution in [0.15, 0.2) is 42.6 Å². The second-order valence-corrected chi connectivity index (χ2v) is 6.38. The van der Waals surface area contributed by atoms with E-state index in [0.717, 1.165) is 0 Å². The number of hydrogen-bond donors (Lipinski definition) is 5. The summed E-state index contributed by atoms with van der Waals surface area (Å²) < 4.78 is 28.8. The van der Waals surface area contributed by atoms with Gasteiger partial charge in [-0.05, 0) is 30.3 Å². The Kier molecular flexibility index (Phi) is 7.48. The molecule has 0 saturated carbocycles. The normalized spacial score (nSPS) is 10.2. The lowest BCUT2D eigenvalue weighted by molar-refractivity contribution is 0.0976. The largest absolute Gasteiger partial charge is 0.395 e. The van der Waals surface area contributed by atoms with E-state index in [1.165, 1.54) is 0 Å². The monoisotopic (exact) mass is 379 g/mol. The van der Waals surface area contributed by atoms with Gasteiger partial charge in [0.2, 0.25) is 0 Å². The molecule has 0 unspecified atom stereocenters. The minimum absolute atomic E-state index is 0.366. The van der Waals surface area contributed by atoms with Crippen LogP contribution in [-0.2, 0) is 10.1 Å². The summed E-state index contributed by atoms with van der Waals surface area (Å²) in [7, 11) is -3.92. The average Bonchev–Trinajstić information content (AvgIpc) is 3.02. The van der Waals surface area contributed by atoms with Gasteiger partial charge in [-0.15, -0.1) is 0 Å². The fourth-order valence-electron chi connectivity index (χ4n) is 1.80. The predicted molar refractivity (Wildman–Crippen MR) is 93.4 cm³/mol. The van der Waals surface area contributed by atoms with Gasteiger partial charge in [0.05, 0.1) is 12.4 Å². The molecule has 0 atom stereocenters. The molecule has 0 spiro atoms. The van der Waals surface area contributed by atoms with Gasteiger partial charge in [-0.2, -0.15) is 13.7 Å². The molecule has 0 aliphatic rings. The Morgan fingerprint density at radius 3 is 2.54 bits per heavy atom. The van der Waals surface area contributed by atoms with E-state index in [1.807, 2.05) is 0 Å². The highest BCUT2D eigenvalue weighted by molar-refractivity contribution is 7.85. The third-order valence-electron chi connectivity index (χ3n) is 2.85. The van der Waals surface area contributed by atoms with E-state index in [-0.39, 0.29) is 0 Å². The van der Waals surface area contributed by atoms with Gasteiger partial charge in [-0.3, -0.25) is 20.1 Å². The van der Waals surface area contributed by atoms with Gasteiger partial charge >= 0.3 is 0 Å². The molecule has 0 aliphatic carbocycles. The van der Waals surface area contributed by atoms with Gasteiger partial charge in [0, 0.05) is 17.4 Å². The molecule has 138 valence electrons. The highest BCUT2D eigenvalue weighted by Crippen LogP contribution is 2.14. The van der Waals surface area contributed by atoms with Crippen LogP contribution in [-0.4, -0.2) is 46.9 Å². The number of nitrogens with zero attached hydrogens (tertiary/aromatic N) is 2. The fraction of sp³-hybridized carbons (Fsp3) is 0.133. The molecule has 1 heterocycles. The van der Waals surface area contributed by atoms with Gasteiger partial charge in [0.25, 0.3) is 16.0 Å². The molecule has 0 fully saturated rings. The number of amides is 1. The van der Waals surface area contributed by atoms with E-state index in [2.05, 4.69) is 11.4 Å². The van der Waals surface area contributed by atoms with Crippen LogP contribution in [0.4, 0.5) is 0 Å². The first-order valence-electron chi connectivity index (χ1n) is 7.07. The molecule has 2 aromatic rings. The van der Waals surface area contributed by atoms with Crippen molar-refractivity contribution in [1.29, 1.82) is 10.7 Å². The van der Waals surface area contributed by atoms with E-state index in [0.29, 0.717) is 16.9 Å². The summed E-state index contributed by atoms with van der Waals surface area (Å²) in [6.07, 6.45) is 1.74. The van der Waals surface area contributed by atoms with Crippen molar-refractivity contribution in [2.45, 2.75) is 0 Å². The van der Waals surface area contributed by atoms with Crippen LogP contribution in [0.25, 0.3) is 5.69 Å². The topological polar surface area (TPSA) is 182 Å². The number of aliphatic hydroxyl groups is 1. The number of nitriles is 1. The molecule has 1 amide bonds. The van der Waals surface area contributed by atoms with Crippen molar-refractivity contribution in [3.8, 4) is 11.8 Å². The van der Waals surface area contributed by atoms with E-state index in [9.17, 15) is 13.2 Å². The third-order valence-corrected chi connectivity index (χ3v) is 3.55. The van der Waals surface area contributed by atoms with Crippen LogP contribution in [0.1, 0.15) is 16.1 Å². The molecule has 0 saturated heterocycles. The molecular formula is C15H17N5O5S. The highest BCUT2D eigenvalue weighted by Gasteiger charge is 2.08. The summed E-state index contributed by atoms with van der Waals surface area (Å²) in [5, 5.41) is 26.1. The molecule has 1 aromatic carbocycles. The number of rotatable bonds is 4. The van der Waals surface area contributed by atoms with E-state index >= 15 is 0 Å². The highest BCUT2D eigenvalue weighted by atomic mass is 32.2. The molecule has 10 nitrogen and oxygen atoms in total. The summed E-state index contributed by atoms with van der Waals surface area (Å²) in [6, 6.07) is 12.2. The Balaban J connectivity index is 0.000000412. The van der Waals surface area contributed by atoms with Crippen molar-refractivity contribution in [3.05, 3.63) is 53.9 Å². The number of guanidine groups is 1. The van der Waals surface area contributed by atoms with Crippen molar-refractivity contribution < 1.29 is 22.9 Å². The molecule has 0 radical (unpaired) electrons. The Labute approximate surface area is 149 Å². The lowest BCUT2D eigenvalue weighted by atomic mass is 10.2. The zero-order valence-corrected chi connectivity index (χ0v) is 14.3. The standard InChI is InChI=1S/C13H11N5O.C2H6O4S/c14-8-11-5-2-6-18(11)10-4-1-3-9(7-10)12(19)17-13(15)16;3-1-2-7(4,5)6/h1-7H,(H4,15,16,17,19);3H,1-2H2,(H,4,5,6). The first kappa shape index (κ1) is 20.8. The number of carbonyl (C=O) groups excluding carboxylic acids is 1. The number of nitrogens with two attached hydrogens (primary N) is 1. The molecule has 0 bridgehead atoms. The Bertz CT molecular complexity index is 930. The molecule has 1 aromatic heterocycles. The first-order valence-corrected chi connectivity index (χ1v) is 8.68. The summed E-state index contributed by atoms with van der Waals surface area (Å²) in [4.78, 5) is 11.7. The molecule has 6 N–H and O–H groups in total. The maximum atomic E-state index is 11.7. The molecule has 26 heavy (non-hydrogen) atoms. The van der Waals surface area contributed by atoms with Crippen molar-refractivity contribution in [2.75, 3.05) is 12.4 Å². The van der Waals surface area contributed by atoms with Gasteiger partial charge in [-0.1, -0.05) is 6.07 Å². The Morgan fingerprint density at radius 2 is 2.04 bits per heavy atom. The van der Waals surface area contributed by atoms with Gasteiger partial charge in [-0.25, -0.2) is 0 Å². The minimum Gasteiger partial charge on any atom is -0.395 e. The molecule has 11 heteroatoms. The SMILES string of the molecule is N#Cc1cccn1-c1cccc(C(=O)NC(=N)N)c1.O=S(=O)(O)CCO. The smallest absolute Gasteiger partial charge is 0.267 e. The second kappa shape index (κ2) is 9.33. The Morgan fingerprint density at radius 1 is 1.35 bits per heavy atom. The lowest BCUT2D eigenvalue weighted by Gasteiger charge is -2.07. The predicted octanol–water partition coefficient (Wildman–Crippen LogP) is -0.161. The second-order valence-electron chi connectivity index (χ2n) is 4.80. The molecule has 2 rings (SSSR count). The van der Waals surface area contributed by atoms with Crippen molar-refractivity contribution >= 4 is 22.0 Å². The quantitative estimate of drug-likeness (QED) is 0.278. The third kappa shape index (κ3) is 6.73. The number of hydrogen-bond acceptors (Lipinski definition) is 6. The van der Waals surface area contributed by atoms with Gasteiger partial charge in [0.15, 0.2) is 5.96 Å². The maximum absolute atomic E-state index is 11.7. The van der Waals surface area contributed by atoms with E-state index < -0.39 is 34.3 Å². The Hall–Kier alpha value is -3.20. The van der Waals surface area contributed by atoms with Crippen LogP contribution < -0.4 is 11.1 Å². The number of carbonyl (C=O) groups is 1. The number of aromatic nitrogens is 1. The summed E-state index contributed by atoms with van der Waals surface area (Å²) in [5.74, 6) is -1.44. The number of nitrogens with one attached hydrogen (secondary N) is 2. The summed E-state index contributed by atoms with van der Waals surface area (Å²) >= 11 is 0. The van der Waals surface area contributed by atoms with Crippen molar-refractivity contribution in [1.82, 2.24) is 9.88 Å². The van der Waals surface area contributed by atoms with Crippen molar-refractivity contribution in [2.24, 2.45) is 5.73 Å². The van der Waals surface area contributed by atoms with Crippen LogP contribution in [0.2, 0.25) is 0 Å². The van der Waals surface area contributed by atoms with Crippen LogP contribution in [0.5, 0.6) is 0 Å².